The molecule has 1 aliphatic rings. The molecule has 0 aromatic carbocycles. The Kier molecular flexibility index (Phi) is 4.18. The molecule has 0 atom stereocenters. The monoisotopic (exact) mass is 316 g/mol. The van der Waals surface area contributed by atoms with Gasteiger partial charge in [0.1, 0.15) is 0 Å². The van der Waals surface area contributed by atoms with Crippen LogP contribution in [0.2, 0.25) is 0 Å². The number of nitrogens with zero attached hydrogens (tertiary/aromatic N) is 4. The molecule has 0 saturated carbocycles. The maximum absolute atomic E-state index is 12.4. The van der Waals surface area contributed by atoms with E-state index in [1.165, 1.54) is 4.90 Å². The van der Waals surface area contributed by atoms with Crippen LogP contribution in [-0.2, 0) is 11.8 Å². The summed E-state index contributed by atoms with van der Waals surface area (Å²) >= 11 is 0. The third-order valence-electron chi connectivity index (χ3n) is 4.10. The molecule has 0 spiro atoms. The van der Waals surface area contributed by atoms with Crippen molar-refractivity contribution in [2.24, 2.45) is 7.05 Å². The van der Waals surface area contributed by atoms with Crippen LogP contribution >= 0.6 is 0 Å². The van der Waals surface area contributed by atoms with Crippen LogP contribution in [0.3, 0.4) is 0 Å². The first-order chi connectivity index (χ1) is 11.1. The molecule has 2 aromatic rings. The molecule has 1 fully saturated rings. The van der Waals surface area contributed by atoms with Gasteiger partial charge >= 0.3 is 0 Å². The fourth-order valence-electron chi connectivity index (χ4n) is 2.75. The topological polar surface area (TPSA) is 71.6 Å². The molecule has 0 bridgehead atoms. The maximum Gasteiger partial charge on any atom is 0.276 e. The zero-order chi connectivity index (χ0) is 16.4. The number of likely N-dealkylation sites (tertiary alicyclic amines) is 1. The first-order valence-corrected chi connectivity index (χ1v) is 7.68. The third kappa shape index (κ3) is 3.13. The van der Waals surface area contributed by atoms with E-state index in [1.807, 2.05) is 29.9 Å². The van der Waals surface area contributed by atoms with E-state index in [-0.39, 0.29) is 24.1 Å². The van der Waals surface area contributed by atoms with Gasteiger partial charge in [-0.1, -0.05) is 5.16 Å². The first-order valence-electron chi connectivity index (χ1n) is 7.68. The smallest absolute Gasteiger partial charge is 0.276 e. The van der Waals surface area contributed by atoms with Crippen LogP contribution in [0.4, 0.5) is 0 Å². The van der Waals surface area contributed by atoms with Crippen LogP contribution in [0.25, 0.3) is 11.5 Å². The minimum atomic E-state index is -0.318. The van der Waals surface area contributed by atoms with Crippen LogP contribution in [0.5, 0.6) is 0 Å². The summed E-state index contributed by atoms with van der Waals surface area (Å²) in [6.07, 6.45) is 3.96. The largest absolute Gasteiger partial charge is 0.354 e. The SMILES string of the molecule is CN(CC(=O)N1CCCC1)C(=O)c1cc(-c2cccn2C)on1. The van der Waals surface area contributed by atoms with Gasteiger partial charge in [0.05, 0.1) is 12.2 Å². The van der Waals surface area contributed by atoms with E-state index in [2.05, 4.69) is 5.16 Å². The van der Waals surface area contributed by atoms with Crippen molar-refractivity contribution in [1.29, 1.82) is 0 Å². The Labute approximate surface area is 134 Å². The lowest BCUT2D eigenvalue weighted by molar-refractivity contribution is -0.130. The van der Waals surface area contributed by atoms with Crippen LogP contribution in [0.15, 0.2) is 28.9 Å². The lowest BCUT2D eigenvalue weighted by atomic mass is 10.2. The van der Waals surface area contributed by atoms with Crippen molar-refractivity contribution < 1.29 is 14.1 Å². The van der Waals surface area contributed by atoms with Crippen LogP contribution < -0.4 is 0 Å². The number of rotatable bonds is 4. The second kappa shape index (κ2) is 6.28. The third-order valence-corrected chi connectivity index (χ3v) is 4.10. The van der Waals surface area contributed by atoms with E-state index in [1.54, 1.807) is 18.0 Å². The summed E-state index contributed by atoms with van der Waals surface area (Å²) in [5.41, 5.74) is 1.05. The lowest BCUT2D eigenvalue weighted by Gasteiger charge is -2.20. The Morgan fingerprint density at radius 1 is 1.35 bits per heavy atom. The molecule has 0 radical (unpaired) electrons. The summed E-state index contributed by atoms with van der Waals surface area (Å²) in [5, 5.41) is 3.83. The Hall–Kier alpha value is -2.57. The highest BCUT2D eigenvalue weighted by atomic mass is 16.5. The van der Waals surface area contributed by atoms with E-state index < -0.39 is 0 Å². The summed E-state index contributed by atoms with van der Waals surface area (Å²) in [7, 11) is 3.49. The van der Waals surface area contributed by atoms with E-state index in [4.69, 9.17) is 4.52 Å². The van der Waals surface area contributed by atoms with E-state index >= 15 is 0 Å². The number of aryl methyl sites for hydroxylation is 1. The molecule has 3 heterocycles. The maximum atomic E-state index is 12.4. The fraction of sp³-hybridized carbons (Fsp3) is 0.438. The minimum absolute atomic E-state index is 0.0236. The Morgan fingerprint density at radius 2 is 2.09 bits per heavy atom. The van der Waals surface area contributed by atoms with Crippen LogP contribution in [-0.4, -0.2) is 58.0 Å². The highest BCUT2D eigenvalue weighted by molar-refractivity contribution is 5.95. The van der Waals surface area contributed by atoms with E-state index in [9.17, 15) is 9.59 Å². The van der Waals surface area contributed by atoms with Gasteiger partial charge in [-0.15, -0.1) is 0 Å². The average Bonchev–Trinajstić information content (AvgIpc) is 3.27. The first kappa shape index (κ1) is 15.3. The van der Waals surface area contributed by atoms with Crippen molar-refractivity contribution in [1.82, 2.24) is 19.5 Å². The van der Waals surface area contributed by atoms with Crippen molar-refractivity contribution in [2.45, 2.75) is 12.8 Å². The molecule has 2 amide bonds. The van der Waals surface area contributed by atoms with Crippen molar-refractivity contribution in [3.63, 3.8) is 0 Å². The highest BCUT2D eigenvalue weighted by Crippen LogP contribution is 2.20. The predicted octanol–water partition coefficient (Wildman–Crippen LogP) is 1.37. The van der Waals surface area contributed by atoms with Gasteiger partial charge in [-0.05, 0) is 25.0 Å². The van der Waals surface area contributed by atoms with E-state index in [0.29, 0.717) is 5.76 Å². The molecule has 0 N–H and O–H groups in total. The van der Waals surface area contributed by atoms with Gasteiger partial charge in [-0.25, -0.2) is 0 Å². The van der Waals surface area contributed by atoms with Gasteiger partial charge in [-0.2, -0.15) is 0 Å². The predicted molar refractivity (Wildman–Crippen MR) is 83.7 cm³/mol. The zero-order valence-electron chi connectivity index (χ0n) is 13.4. The van der Waals surface area contributed by atoms with Crippen molar-refractivity contribution in [3.8, 4) is 11.5 Å². The summed E-state index contributed by atoms with van der Waals surface area (Å²) in [6.45, 7) is 1.62. The van der Waals surface area contributed by atoms with Gasteiger partial charge in [0.2, 0.25) is 5.91 Å². The Morgan fingerprint density at radius 3 is 2.74 bits per heavy atom. The van der Waals surface area contributed by atoms with Crippen LogP contribution in [0, 0.1) is 0 Å². The summed E-state index contributed by atoms with van der Waals surface area (Å²) in [6, 6.07) is 5.38. The molecule has 2 aromatic heterocycles. The van der Waals surface area contributed by atoms with Crippen molar-refractivity contribution in [2.75, 3.05) is 26.7 Å². The summed E-state index contributed by atoms with van der Waals surface area (Å²) in [4.78, 5) is 27.7. The number of likely N-dealkylation sites (N-methyl/N-ethyl adjacent to an activating group) is 1. The molecular weight excluding hydrogens is 296 g/mol. The molecule has 7 nitrogen and oxygen atoms in total. The molecule has 122 valence electrons. The molecule has 1 aliphatic heterocycles. The second-order valence-corrected chi connectivity index (χ2v) is 5.83. The van der Waals surface area contributed by atoms with Crippen molar-refractivity contribution in [3.05, 3.63) is 30.1 Å². The second-order valence-electron chi connectivity index (χ2n) is 5.83. The number of hydrogen-bond acceptors (Lipinski definition) is 4. The standard InChI is InChI=1S/C16H20N4O3/c1-18-7-5-6-13(18)14-10-12(17-23-14)16(22)19(2)11-15(21)20-8-3-4-9-20/h5-7,10H,3-4,8-9,11H2,1-2H3. The van der Waals surface area contributed by atoms with Gasteiger partial charge < -0.3 is 18.9 Å². The average molecular weight is 316 g/mol. The number of carbonyl (C=O) groups excluding carboxylic acids is 2. The van der Waals surface area contributed by atoms with Gasteiger partial charge in [0, 0.05) is 39.4 Å². The summed E-state index contributed by atoms with van der Waals surface area (Å²) in [5.74, 6) is 0.186. The Bertz CT molecular complexity index is 712. The molecular formula is C16H20N4O3. The van der Waals surface area contributed by atoms with E-state index in [0.717, 1.165) is 31.6 Å². The normalized spacial score (nSPS) is 14.3. The molecule has 7 heteroatoms. The van der Waals surface area contributed by atoms with Gasteiger partial charge in [0.25, 0.3) is 5.91 Å². The quantitative estimate of drug-likeness (QED) is 0.854. The molecule has 23 heavy (non-hydrogen) atoms. The highest BCUT2D eigenvalue weighted by Gasteiger charge is 2.24. The van der Waals surface area contributed by atoms with Crippen molar-refractivity contribution >= 4 is 11.8 Å². The number of amides is 2. The van der Waals surface area contributed by atoms with Gasteiger partial charge in [0.15, 0.2) is 11.5 Å². The van der Waals surface area contributed by atoms with Gasteiger partial charge in [-0.3, -0.25) is 9.59 Å². The minimum Gasteiger partial charge on any atom is -0.354 e. The Balaban J connectivity index is 1.67. The number of aromatic nitrogens is 2. The zero-order valence-corrected chi connectivity index (χ0v) is 13.4. The number of carbonyl (C=O) groups is 2. The van der Waals surface area contributed by atoms with Crippen LogP contribution in [0.1, 0.15) is 23.3 Å². The molecule has 0 aliphatic carbocycles. The molecule has 0 unspecified atom stereocenters. The molecule has 1 saturated heterocycles. The summed E-state index contributed by atoms with van der Waals surface area (Å²) < 4.78 is 7.14. The number of hydrogen-bond donors (Lipinski definition) is 0. The fourth-order valence-corrected chi connectivity index (χ4v) is 2.75. The molecule has 3 rings (SSSR count). The lowest BCUT2D eigenvalue weighted by Crippen LogP contribution is -2.39.